The number of carboxylic acids is 2. The Morgan fingerprint density at radius 2 is 1.69 bits per heavy atom. The van der Waals surface area contributed by atoms with Crippen molar-refractivity contribution in [3.05, 3.63) is 53.7 Å². The number of aromatic carboxylic acids is 1. The van der Waals surface area contributed by atoms with E-state index in [0.717, 1.165) is 44.1 Å². The fraction of sp³-hybridized carbons (Fsp3) is 0.316. The molecule has 1 fully saturated rings. The zero-order chi connectivity index (χ0) is 21.4. The number of halogens is 3. The molecule has 0 saturated carbocycles. The molecule has 2 aromatic rings. The number of aromatic nitrogens is 1. The highest BCUT2D eigenvalue weighted by atomic mass is 19.4. The molecular formula is C19H19F3N2O5. The highest BCUT2D eigenvalue weighted by molar-refractivity contribution is 5.87. The van der Waals surface area contributed by atoms with Gasteiger partial charge in [-0.1, -0.05) is 24.3 Å². The van der Waals surface area contributed by atoms with Crippen molar-refractivity contribution >= 4 is 11.9 Å². The lowest BCUT2D eigenvalue weighted by atomic mass is 10.0. The molecule has 2 heterocycles. The van der Waals surface area contributed by atoms with Crippen LogP contribution < -0.4 is 0 Å². The number of rotatable bonds is 4. The maximum absolute atomic E-state index is 10.9. The third-order valence-electron chi connectivity index (χ3n) is 4.04. The Balaban J connectivity index is 0.000000370. The summed E-state index contributed by atoms with van der Waals surface area (Å²) in [6, 6.07) is 11.5. The van der Waals surface area contributed by atoms with Crippen LogP contribution in [0.4, 0.5) is 13.2 Å². The summed E-state index contributed by atoms with van der Waals surface area (Å²) in [5.41, 5.74) is 3.24. The summed E-state index contributed by atoms with van der Waals surface area (Å²) in [5, 5.41) is 16.1. The van der Waals surface area contributed by atoms with E-state index in [1.165, 1.54) is 11.8 Å². The van der Waals surface area contributed by atoms with Gasteiger partial charge in [0.15, 0.2) is 0 Å². The summed E-state index contributed by atoms with van der Waals surface area (Å²) in [6.07, 6.45) is -3.68. The molecule has 0 atom stereocenters. The maximum atomic E-state index is 10.9. The van der Waals surface area contributed by atoms with Crippen molar-refractivity contribution in [2.45, 2.75) is 12.7 Å². The number of hydrogen-bond donors (Lipinski definition) is 2. The van der Waals surface area contributed by atoms with Crippen LogP contribution >= 0.6 is 0 Å². The predicted octanol–water partition coefficient (Wildman–Crippen LogP) is 2.91. The van der Waals surface area contributed by atoms with E-state index < -0.39 is 18.1 Å². The van der Waals surface area contributed by atoms with Gasteiger partial charge in [0.05, 0.1) is 24.5 Å². The van der Waals surface area contributed by atoms with Gasteiger partial charge < -0.3 is 14.9 Å². The number of carbonyl (C=O) groups is 2. The molecule has 1 aromatic heterocycles. The quantitative estimate of drug-likeness (QED) is 0.797. The van der Waals surface area contributed by atoms with Crippen LogP contribution in [-0.4, -0.2) is 64.5 Å². The summed E-state index contributed by atoms with van der Waals surface area (Å²) in [4.78, 5) is 26.5. The molecule has 1 aromatic carbocycles. The molecule has 2 N–H and O–H groups in total. The van der Waals surface area contributed by atoms with Crippen molar-refractivity contribution in [1.82, 2.24) is 9.88 Å². The molecular weight excluding hydrogens is 393 g/mol. The molecule has 7 nitrogen and oxygen atoms in total. The number of hydrogen-bond acceptors (Lipinski definition) is 5. The number of carboxylic acid groups (broad SMARTS) is 2. The number of ether oxygens (including phenoxy) is 1. The van der Waals surface area contributed by atoms with Crippen molar-refractivity contribution in [3.8, 4) is 11.3 Å². The van der Waals surface area contributed by atoms with Gasteiger partial charge in [-0.2, -0.15) is 13.2 Å². The van der Waals surface area contributed by atoms with E-state index in [1.54, 1.807) is 12.1 Å². The summed E-state index contributed by atoms with van der Waals surface area (Å²) >= 11 is 0. The smallest absolute Gasteiger partial charge is 0.478 e. The van der Waals surface area contributed by atoms with Crippen molar-refractivity contribution in [2.75, 3.05) is 26.3 Å². The first-order valence-electron chi connectivity index (χ1n) is 8.56. The molecule has 0 unspecified atom stereocenters. The van der Waals surface area contributed by atoms with Crippen molar-refractivity contribution < 1.29 is 37.7 Å². The maximum Gasteiger partial charge on any atom is 0.490 e. The fourth-order valence-electron chi connectivity index (χ4n) is 2.59. The summed E-state index contributed by atoms with van der Waals surface area (Å²) < 4.78 is 37.1. The van der Waals surface area contributed by atoms with Crippen LogP contribution in [0, 0.1) is 0 Å². The Hall–Kier alpha value is -2.98. The SMILES string of the molecule is O=C(O)C(F)(F)F.O=C(O)c1ccc(-c2ccccc2CN2CCOCC2)nc1. The average Bonchev–Trinajstić information content (AvgIpc) is 2.69. The average molecular weight is 412 g/mol. The lowest BCUT2D eigenvalue weighted by molar-refractivity contribution is -0.192. The largest absolute Gasteiger partial charge is 0.490 e. The first-order valence-corrected chi connectivity index (χ1v) is 8.56. The van der Waals surface area contributed by atoms with E-state index in [9.17, 15) is 18.0 Å². The summed E-state index contributed by atoms with van der Waals surface area (Å²) in [7, 11) is 0. The topological polar surface area (TPSA) is 100.0 Å². The van der Waals surface area contributed by atoms with E-state index in [4.69, 9.17) is 19.7 Å². The Bertz CT molecular complexity index is 834. The molecule has 3 rings (SSSR count). The van der Waals surface area contributed by atoms with Crippen LogP contribution in [-0.2, 0) is 16.1 Å². The Morgan fingerprint density at radius 3 is 2.21 bits per heavy atom. The summed E-state index contributed by atoms with van der Waals surface area (Å²) in [5.74, 6) is -3.71. The van der Waals surface area contributed by atoms with Crippen LogP contribution in [0.25, 0.3) is 11.3 Å². The van der Waals surface area contributed by atoms with E-state index >= 15 is 0 Å². The van der Waals surface area contributed by atoms with Gasteiger partial charge in [0.1, 0.15) is 0 Å². The van der Waals surface area contributed by atoms with Crippen LogP contribution in [0.1, 0.15) is 15.9 Å². The normalized spacial score (nSPS) is 14.6. The van der Waals surface area contributed by atoms with Gasteiger partial charge in [-0.3, -0.25) is 9.88 Å². The monoisotopic (exact) mass is 412 g/mol. The highest BCUT2D eigenvalue weighted by Gasteiger charge is 2.38. The van der Waals surface area contributed by atoms with Gasteiger partial charge in [-0.25, -0.2) is 9.59 Å². The predicted molar refractivity (Wildman–Crippen MR) is 96.4 cm³/mol. The van der Waals surface area contributed by atoms with Gasteiger partial charge in [-0.15, -0.1) is 0 Å². The molecule has 0 spiro atoms. The zero-order valence-corrected chi connectivity index (χ0v) is 15.2. The lowest BCUT2D eigenvalue weighted by Gasteiger charge is -2.27. The molecule has 10 heteroatoms. The molecule has 0 radical (unpaired) electrons. The van der Waals surface area contributed by atoms with Crippen LogP contribution in [0.5, 0.6) is 0 Å². The van der Waals surface area contributed by atoms with E-state index in [2.05, 4.69) is 16.0 Å². The molecule has 1 saturated heterocycles. The minimum Gasteiger partial charge on any atom is -0.478 e. The van der Waals surface area contributed by atoms with E-state index in [0.29, 0.717) is 0 Å². The third kappa shape index (κ3) is 6.84. The van der Waals surface area contributed by atoms with Gasteiger partial charge in [0.2, 0.25) is 0 Å². The van der Waals surface area contributed by atoms with Gasteiger partial charge in [-0.05, 0) is 17.7 Å². The van der Waals surface area contributed by atoms with Crippen LogP contribution in [0.2, 0.25) is 0 Å². The molecule has 29 heavy (non-hydrogen) atoms. The second-order valence-corrected chi connectivity index (χ2v) is 6.09. The second kappa shape index (κ2) is 9.99. The number of morpholine rings is 1. The number of alkyl halides is 3. The molecule has 0 amide bonds. The second-order valence-electron chi connectivity index (χ2n) is 6.09. The molecule has 1 aliphatic heterocycles. The summed E-state index contributed by atoms with van der Waals surface area (Å²) in [6.45, 7) is 4.25. The molecule has 0 aliphatic carbocycles. The Kier molecular flexibility index (Phi) is 7.68. The number of pyridine rings is 1. The fourth-order valence-corrected chi connectivity index (χ4v) is 2.59. The highest BCUT2D eigenvalue weighted by Crippen LogP contribution is 2.23. The zero-order valence-electron chi connectivity index (χ0n) is 15.2. The van der Waals surface area contributed by atoms with Gasteiger partial charge in [0, 0.05) is 31.4 Å². The lowest BCUT2D eigenvalue weighted by Crippen LogP contribution is -2.35. The standard InChI is InChI=1S/C17H18N2O3.C2HF3O2/c20-17(21)13-5-6-16(18-11-13)15-4-2-1-3-14(15)12-19-7-9-22-10-8-19;3-2(4,5)1(6)7/h1-6,11H,7-10,12H2,(H,20,21);(H,6,7). The van der Waals surface area contributed by atoms with Crippen molar-refractivity contribution in [1.29, 1.82) is 0 Å². The third-order valence-corrected chi connectivity index (χ3v) is 4.04. The van der Waals surface area contributed by atoms with Gasteiger partial charge >= 0.3 is 18.1 Å². The molecule has 156 valence electrons. The van der Waals surface area contributed by atoms with Crippen LogP contribution in [0.15, 0.2) is 42.6 Å². The first kappa shape index (κ1) is 22.3. The Morgan fingerprint density at radius 1 is 1.07 bits per heavy atom. The molecule has 1 aliphatic rings. The van der Waals surface area contributed by atoms with Crippen molar-refractivity contribution in [3.63, 3.8) is 0 Å². The first-order chi connectivity index (χ1) is 13.7. The molecule has 0 bridgehead atoms. The Labute approximate surface area is 164 Å². The van der Waals surface area contributed by atoms with E-state index in [1.807, 2.05) is 18.2 Å². The number of nitrogens with zero attached hydrogens (tertiary/aromatic N) is 2. The minimum absolute atomic E-state index is 0.203. The minimum atomic E-state index is -5.08. The van der Waals surface area contributed by atoms with E-state index in [-0.39, 0.29) is 5.56 Å². The van der Waals surface area contributed by atoms with Crippen LogP contribution in [0.3, 0.4) is 0 Å². The van der Waals surface area contributed by atoms with Gasteiger partial charge in [0.25, 0.3) is 0 Å². The number of benzene rings is 1. The number of aliphatic carboxylic acids is 1. The van der Waals surface area contributed by atoms with Crippen molar-refractivity contribution in [2.24, 2.45) is 0 Å².